The summed E-state index contributed by atoms with van der Waals surface area (Å²) in [7, 11) is 1.80. The largest absolute Gasteiger partial charge is 0.496 e. The molecule has 1 aromatic carbocycles. The third kappa shape index (κ3) is 2.56. The lowest BCUT2D eigenvalue weighted by Gasteiger charge is -2.40. The second kappa shape index (κ2) is 5.88. The lowest BCUT2D eigenvalue weighted by atomic mass is 9.85. The summed E-state index contributed by atoms with van der Waals surface area (Å²) in [5, 5.41) is 0. The number of hydrogen-bond acceptors (Lipinski definition) is 2. The molecule has 1 saturated heterocycles. The molecule has 3 aliphatic rings. The first-order chi connectivity index (χ1) is 10.7. The Kier molecular flexibility index (Phi) is 3.89. The van der Waals surface area contributed by atoms with E-state index in [9.17, 15) is 0 Å². The van der Waals surface area contributed by atoms with Crippen molar-refractivity contribution in [3.05, 3.63) is 29.3 Å². The van der Waals surface area contributed by atoms with Crippen LogP contribution in [0.4, 0.5) is 0 Å². The van der Waals surface area contributed by atoms with Crippen LogP contribution in [-0.2, 0) is 0 Å². The zero-order valence-corrected chi connectivity index (χ0v) is 14.1. The highest BCUT2D eigenvalue weighted by Crippen LogP contribution is 2.47. The quantitative estimate of drug-likeness (QED) is 0.821. The molecule has 0 aromatic heterocycles. The van der Waals surface area contributed by atoms with Gasteiger partial charge in [-0.05, 0) is 81.5 Å². The lowest BCUT2D eigenvalue weighted by molar-refractivity contribution is 0.110. The molecule has 0 spiro atoms. The molecule has 1 heterocycles. The van der Waals surface area contributed by atoms with E-state index in [0.29, 0.717) is 5.92 Å². The summed E-state index contributed by atoms with van der Waals surface area (Å²) in [6.07, 6.45) is 8.62. The van der Waals surface area contributed by atoms with Crippen molar-refractivity contribution in [2.24, 2.45) is 11.8 Å². The summed E-state index contributed by atoms with van der Waals surface area (Å²) >= 11 is 0. The minimum atomic E-state index is 0.685. The number of rotatable bonds is 3. The number of ether oxygens (including phenoxy) is 1. The summed E-state index contributed by atoms with van der Waals surface area (Å²) in [5.74, 6) is 3.85. The Bertz CT molecular complexity index is 533. The highest BCUT2D eigenvalue weighted by molar-refractivity contribution is 5.39. The van der Waals surface area contributed by atoms with Gasteiger partial charge >= 0.3 is 0 Å². The van der Waals surface area contributed by atoms with Crippen LogP contribution in [0.25, 0.3) is 0 Å². The standard InChI is InChI=1S/C20H29NO/c1-14-3-6-20(22-2)18(11-14)16-7-9-21(10-8-16)19-13-15-4-5-17(19)12-15/h3,6,11,15-17,19H,4-5,7-10,12-13H2,1-2H3/t15-,17?,19?/m0/s1. The normalized spacial score (nSPS) is 32.5. The van der Waals surface area contributed by atoms with Crippen molar-refractivity contribution in [3.63, 3.8) is 0 Å². The van der Waals surface area contributed by atoms with Crippen molar-refractivity contribution in [3.8, 4) is 5.75 Å². The predicted octanol–water partition coefficient (Wildman–Crippen LogP) is 4.37. The number of likely N-dealkylation sites (tertiary alicyclic amines) is 1. The molecule has 2 saturated carbocycles. The fourth-order valence-electron chi connectivity index (χ4n) is 5.37. The minimum absolute atomic E-state index is 0.685. The van der Waals surface area contributed by atoms with Gasteiger partial charge in [-0.25, -0.2) is 0 Å². The zero-order chi connectivity index (χ0) is 15.1. The van der Waals surface area contributed by atoms with Crippen LogP contribution in [0.5, 0.6) is 5.75 Å². The molecule has 1 aromatic rings. The number of methoxy groups -OCH3 is 1. The number of piperidine rings is 1. The Labute approximate surface area is 134 Å². The van der Waals surface area contributed by atoms with Gasteiger partial charge in [-0.2, -0.15) is 0 Å². The average Bonchev–Trinajstić information content (AvgIpc) is 3.18. The third-order valence-corrected chi connectivity index (χ3v) is 6.52. The molecule has 2 heteroatoms. The Morgan fingerprint density at radius 2 is 1.86 bits per heavy atom. The molecule has 2 aliphatic carbocycles. The third-order valence-electron chi connectivity index (χ3n) is 6.52. The van der Waals surface area contributed by atoms with Crippen LogP contribution in [0, 0.1) is 18.8 Å². The monoisotopic (exact) mass is 299 g/mol. The second-order valence-corrected chi connectivity index (χ2v) is 7.80. The first-order valence-corrected chi connectivity index (χ1v) is 9.13. The molecule has 3 atom stereocenters. The van der Waals surface area contributed by atoms with E-state index >= 15 is 0 Å². The number of fused-ring (bicyclic) bond motifs is 2. The van der Waals surface area contributed by atoms with Crippen LogP contribution in [0.2, 0.25) is 0 Å². The fourth-order valence-corrected chi connectivity index (χ4v) is 5.37. The van der Waals surface area contributed by atoms with E-state index in [1.807, 2.05) is 0 Å². The smallest absolute Gasteiger partial charge is 0.122 e. The topological polar surface area (TPSA) is 12.5 Å². The van der Waals surface area contributed by atoms with E-state index in [0.717, 1.165) is 23.6 Å². The molecule has 2 unspecified atom stereocenters. The van der Waals surface area contributed by atoms with Gasteiger partial charge in [-0.1, -0.05) is 24.1 Å². The van der Waals surface area contributed by atoms with Gasteiger partial charge in [0.05, 0.1) is 7.11 Å². The zero-order valence-electron chi connectivity index (χ0n) is 14.1. The Hall–Kier alpha value is -1.02. The Balaban J connectivity index is 1.43. The van der Waals surface area contributed by atoms with Gasteiger partial charge in [0.1, 0.15) is 5.75 Å². The van der Waals surface area contributed by atoms with Gasteiger partial charge in [0.15, 0.2) is 0 Å². The van der Waals surface area contributed by atoms with Gasteiger partial charge < -0.3 is 9.64 Å². The Morgan fingerprint density at radius 1 is 1.05 bits per heavy atom. The maximum atomic E-state index is 5.61. The molecule has 0 N–H and O–H groups in total. The van der Waals surface area contributed by atoms with Crippen LogP contribution in [0.3, 0.4) is 0 Å². The van der Waals surface area contributed by atoms with Gasteiger partial charge in [-0.3, -0.25) is 0 Å². The highest BCUT2D eigenvalue weighted by Gasteiger charge is 2.42. The molecular formula is C20H29NO. The van der Waals surface area contributed by atoms with E-state index in [-0.39, 0.29) is 0 Å². The van der Waals surface area contributed by atoms with Crippen molar-refractivity contribution in [2.75, 3.05) is 20.2 Å². The molecule has 4 rings (SSSR count). The first kappa shape index (κ1) is 14.6. The van der Waals surface area contributed by atoms with Crippen molar-refractivity contribution < 1.29 is 4.74 Å². The van der Waals surface area contributed by atoms with Crippen molar-refractivity contribution >= 4 is 0 Å². The lowest BCUT2D eigenvalue weighted by Crippen LogP contribution is -2.43. The SMILES string of the molecule is COc1ccc(C)cc1C1CCN(C2C[C@H]3CCC2C3)CC1. The molecule has 2 bridgehead atoms. The van der Waals surface area contributed by atoms with Gasteiger partial charge in [0, 0.05) is 6.04 Å². The molecule has 120 valence electrons. The summed E-state index contributed by atoms with van der Waals surface area (Å²) in [6.45, 7) is 4.76. The van der Waals surface area contributed by atoms with Gasteiger partial charge in [-0.15, -0.1) is 0 Å². The summed E-state index contributed by atoms with van der Waals surface area (Å²) < 4.78 is 5.61. The molecule has 1 aliphatic heterocycles. The number of nitrogens with zero attached hydrogens (tertiary/aromatic N) is 1. The van der Waals surface area contributed by atoms with Crippen LogP contribution in [0.15, 0.2) is 18.2 Å². The van der Waals surface area contributed by atoms with Crippen LogP contribution >= 0.6 is 0 Å². The van der Waals surface area contributed by atoms with E-state index in [4.69, 9.17) is 4.74 Å². The number of benzene rings is 1. The van der Waals surface area contributed by atoms with Crippen LogP contribution in [0.1, 0.15) is 55.6 Å². The summed E-state index contributed by atoms with van der Waals surface area (Å²) in [5.41, 5.74) is 2.79. The van der Waals surface area contributed by atoms with E-state index < -0.39 is 0 Å². The van der Waals surface area contributed by atoms with E-state index in [1.165, 1.54) is 62.7 Å². The second-order valence-electron chi connectivity index (χ2n) is 7.80. The van der Waals surface area contributed by atoms with E-state index in [1.54, 1.807) is 7.11 Å². The maximum Gasteiger partial charge on any atom is 0.122 e. The average molecular weight is 299 g/mol. The van der Waals surface area contributed by atoms with Crippen molar-refractivity contribution in [2.45, 2.75) is 57.4 Å². The van der Waals surface area contributed by atoms with Crippen molar-refractivity contribution in [1.29, 1.82) is 0 Å². The first-order valence-electron chi connectivity index (χ1n) is 9.13. The number of hydrogen-bond donors (Lipinski definition) is 0. The summed E-state index contributed by atoms with van der Waals surface area (Å²) in [4.78, 5) is 2.82. The molecule has 2 nitrogen and oxygen atoms in total. The molecule has 0 amide bonds. The van der Waals surface area contributed by atoms with E-state index in [2.05, 4.69) is 30.0 Å². The number of aryl methyl sites for hydroxylation is 1. The van der Waals surface area contributed by atoms with Gasteiger partial charge in [0.2, 0.25) is 0 Å². The van der Waals surface area contributed by atoms with Gasteiger partial charge in [0.25, 0.3) is 0 Å². The Morgan fingerprint density at radius 3 is 2.50 bits per heavy atom. The van der Waals surface area contributed by atoms with Crippen molar-refractivity contribution in [1.82, 2.24) is 4.90 Å². The molecule has 0 radical (unpaired) electrons. The minimum Gasteiger partial charge on any atom is -0.496 e. The molecule has 22 heavy (non-hydrogen) atoms. The molecule has 3 fully saturated rings. The molecular weight excluding hydrogens is 270 g/mol. The highest BCUT2D eigenvalue weighted by atomic mass is 16.5. The van der Waals surface area contributed by atoms with Crippen LogP contribution < -0.4 is 4.74 Å². The predicted molar refractivity (Wildman–Crippen MR) is 90.5 cm³/mol. The van der Waals surface area contributed by atoms with Crippen LogP contribution in [-0.4, -0.2) is 31.1 Å². The fraction of sp³-hybridized carbons (Fsp3) is 0.700. The summed E-state index contributed by atoms with van der Waals surface area (Å²) in [6, 6.07) is 7.57. The maximum absolute atomic E-state index is 5.61.